The molecule has 1 aliphatic carbocycles. The van der Waals surface area contributed by atoms with Crippen molar-refractivity contribution < 1.29 is 14.6 Å². The van der Waals surface area contributed by atoms with E-state index in [4.69, 9.17) is 9.47 Å². The van der Waals surface area contributed by atoms with E-state index in [2.05, 4.69) is 21.2 Å². The molecular weight excluding hydrogens is 322 g/mol. The van der Waals surface area contributed by atoms with Crippen molar-refractivity contribution in [1.82, 2.24) is 5.32 Å². The average molecular weight is 342 g/mol. The molecule has 0 amide bonds. The van der Waals surface area contributed by atoms with Crippen LogP contribution in [0.5, 0.6) is 11.5 Å². The molecule has 1 fully saturated rings. The Balaban J connectivity index is 1.53. The van der Waals surface area contributed by atoms with E-state index in [1.807, 2.05) is 12.1 Å². The highest BCUT2D eigenvalue weighted by molar-refractivity contribution is 9.10. The zero-order chi connectivity index (χ0) is 13.9. The molecule has 2 atom stereocenters. The summed E-state index contributed by atoms with van der Waals surface area (Å²) in [5.74, 6) is 2.21. The van der Waals surface area contributed by atoms with E-state index in [-0.39, 0.29) is 6.10 Å². The van der Waals surface area contributed by atoms with Gasteiger partial charge in [-0.25, -0.2) is 0 Å². The van der Waals surface area contributed by atoms with E-state index in [9.17, 15) is 5.11 Å². The molecule has 3 rings (SSSR count). The van der Waals surface area contributed by atoms with Crippen molar-refractivity contribution in [2.24, 2.45) is 5.92 Å². The molecule has 2 aliphatic rings. The third-order valence-corrected chi connectivity index (χ3v) is 4.78. The number of fused-ring (bicyclic) bond motifs is 1. The fourth-order valence-electron chi connectivity index (χ4n) is 2.95. The standard InChI is InChI=1S/C15H20BrNO3/c16-13-6-15-14(19-9-20-15)5-11(13)8-17-7-10-2-1-3-12(18)4-10/h5-6,10,12,17-18H,1-4,7-9H2. The van der Waals surface area contributed by atoms with Crippen molar-refractivity contribution in [1.29, 1.82) is 0 Å². The van der Waals surface area contributed by atoms with Crippen molar-refractivity contribution in [3.8, 4) is 11.5 Å². The van der Waals surface area contributed by atoms with Gasteiger partial charge in [0, 0.05) is 11.0 Å². The SMILES string of the molecule is OC1CCCC(CNCc2cc3c(cc2Br)OCO3)C1. The van der Waals surface area contributed by atoms with Crippen molar-refractivity contribution in [3.05, 3.63) is 22.2 Å². The normalized spacial score (nSPS) is 24.9. The highest BCUT2D eigenvalue weighted by atomic mass is 79.9. The molecular formula is C15H20BrNO3. The quantitative estimate of drug-likeness (QED) is 0.884. The first-order valence-corrected chi connectivity index (χ1v) is 7.98. The first-order valence-electron chi connectivity index (χ1n) is 7.19. The Hall–Kier alpha value is -0.780. The first-order chi connectivity index (χ1) is 9.72. The number of nitrogens with one attached hydrogen (secondary N) is 1. The molecule has 5 heteroatoms. The van der Waals surface area contributed by atoms with E-state index < -0.39 is 0 Å². The highest BCUT2D eigenvalue weighted by Gasteiger charge is 2.20. The van der Waals surface area contributed by atoms with E-state index in [1.165, 1.54) is 12.0 Å². The lowest BCUT2D eigenvalue weighted by atomic mass is 9.87. The van der Waals surface area contributed by atoms with Crippen LogP contribution >= 0.6 is 15.9 Å². The highest BCUT2D eigenvalue weighted by Crippen LogP contribution is 2.36. The lowest BCUT2D eigenvalue weighted by Crippen LogP contribution is -2.29. The summed E-state index contributed by atoms with van der Waals surface area (Å²) in [7, 11) is 0. The molecule has 2 unspecified atom stereocenters. The third kappa shape index (κ3) is 3.27. The Labute approximate surface area is 127 Å². The predicted octanol–water partition coefficient (Wildman–Crippen LogP) is 2.82. The van der Waals surface area contributed by atoms with Crippen LogP contribution in [0.15, 0.2) is 16.6 Å². The number of hydrogen-bond donors (Lipinski definition) is 2. The monoisotopic (exact) mass is 341 g/mol. The molecule has 2 N–H and O–H groups in total. The number of aliphatic hydroxyl groups excluding tert-OH is 1. The molecule has 0 saturated heterocycles. The molecule has 110 valence electrons. The summed E-state index contributed by atoms with van der Waals surface area (Å²) in [6.45, 7) is 2.06. The second-order valence-electron chi connectivity index (χ2n) is 5.61. The summed E-state index contributed by atoms with van der Waals surface area (Å²) < 4.78 is 11.8. The van der Waals surface area contributed by atoms with E-state index >= 15 is 0 Å². The van der Waals surface area contributed by atoms with Gasteiger partial charge in [-0.1, -0.05) is 22.4 Å². The van der Waals surface area contributed by atoms with Gasteiger partial charge in [-0.3, -0.25) is 0 Å². The topological polar surface area (TPSA) is 50.7 Å². The summed E-state index contributed by atoms with van der Waals surface area (Å²) >= 11 is 3.57. The van der Waals surface area contributed by atoms with Crippen LogP contribution < -0.4 is 14.8 Å². The largest absolute Gasteiger partial charge is 0.454 e. The first kappa shape index (κ1) is 14.2. The number of benzene rings is 1. The van der Waals surface area contributed by atoms with Gasteiger partial charge in [0.05, 0.1) is 6.10 Å². The molecule has 1 aliphatic heterocycles. The van der Waals surface area contributed by atoms with E-state index in [1.54, 1.807) is 0 Å². The maximum absolute atomic E-state index is 9.68. The molecule has 1 heterocycles. The zero-order valence-corrected chi connectivity index (χ0v) is 13.0. The molecule has 20 heavy (non-hydrogen) atoms. The molecule has 0 bridgehead atoms. The number of halogens is 1. The predicted molar refractivity (Wildman–Crippen MR) is 79.9 cm³/mol. The molecule has 0 aromatic heterocycles. The van der Waals surface area contributed by atoms with Crippen LogP contribution in [0.2, 0.25) is 0 Å². The van der Waals surface area contributed by atoms with Crippen molar-refractivity contribution >= 4 is 15.9 Å². The summed E-state index contributed by atoms with van der Waals surface area (Å²) in [5, 5.41) is 13.2. The summed E-state index contributed by atoms with van der Waals surface area (Å²) in [6, 6.07) is 3.98. The fourth-order valence-corrected chi connectivity index (χ4v) is 3.42. The van der Waals surface area contributed by atoms with Gasteiger partial charge in [-0.2, -0.15) is 0 Å². The fraction of sp³-hybridized carbons (Fsp3) is 0.600. The van der Waals surface area contributed by atoms with E-state index in [0.717, 1.165) is 48.3 Å². The van der Waals surface area contributed by atoms with Crippen LogP contribution in [0.3, 0.4) is 0 Å². The van der Waals surface area contributed by atoms with Gasteiger partial charge in [0.15, 0.2) is 11.5 Å². The minimum Gasteiger partial charge on any atom is -0.454 e. The van der Waals surface area contributed by atoms with Gasteiger partial charge in [-0.15, -0.1) is 0 Å². The second-order valence-corrected chi connectivity index (χ2v) is 6.47. The van der Waals surface area contributed by atoms with Gasteiger partial charge in [0.25, 0.3) is 0 Å². The van der Waals surface area contributed by atoms with Gasteiger partial charge in [-0.05, 0) is 49.4 Å². The van der Waals surface area contributed by atoms with Gasteiger partial charge < -0.3 is 19.9 Å². The third-order valence-electron chi connectivity index (χ3n) is 4.05. The number of hydrogen-bond acceptors (Lipinski definition) is 4. The summed E-state index contributed by atoms with van der Waals surface area (Å²) in [4.78, 5) is 0. The Morgan fingerprint density at radius 3 is 2.85 bits per heavy atom. The van der Waals surface area contributed by atoms with Gasteiger partial charge in [0.2, 0.25) is 6.79 Å². The molecule has 4 nitrogen and oxygen atoms in total. The van der Waals surface area contributed by atoms with E-state index in [0.29, 0.717) is 12.7 Å². The average Bonchev–Trinajstić information content (AvgIpc) is 2.86. The molecule has 0 spiro atoms. The van der Waals surface area contributed by atoms with Gasteiger partial charge in [0.1, 0.15) is 0 Å². The maximum atomic E-state index is 9.68. The summed E-state index contributed by atoms with van der Waals surface area (Å²) in [5.41, 5.74) is 1.17. The van der Waals surface area contributed by atoms with Crippen molar-refractivity contribution in [2.75, 3.05) is 13.3 Å². The lowest BCUT2D eigenvalue weighted by molar-refractivity contribution is 0.101. The molecule has 1 aromatic rings. The van der Waals surface area contributed by atoms with Crippen LogP contribution in [0.4, 0.5) is 0 Å². The lowest BCUT2D eigenvalue weighted by Gasteiger charge is -2.26. The van der Waals surface area contributed by atoms with Crippen LogP contribution in [-0.4, -0.2) is 24.5 Å². The Morgan fingerprint density at radius 2 is 2.05 bits per heavy atom. The van der Waals surface area contributed by atoms with Crippen LogP contribution in [0.1, 0.15) is 31.2 Å². The van der Waals surface area contributed by atoms with Crippen LogP contribution in [0, 0.1) is 5.92 Å². The maximum Gasteiger partial charge on any atom is 0.231 e. The molecule has 1 aromatic carbocycles. The molecule has 1 saturated carbocycles. The van der Waals surface area contributed by atoms with Crippen LogP contribution in [0.25, 0.3) is 0 Å². The summed E-state index contributed by atoms with van der Waals surface area (Å²) in [6.07, 6.45) is 4.14. The number of ether oxygens (including phenoxy) is 2. The minimum absolute atomic E-state index is 0.104. The minimum atomic E-state index is -0.104. The Bertz CT molecular complexity index is 480. The second kappa shape index (κ2) is 6.33. The Kier molecular flexibility index (Phi) is 4.48. The number of rotatable bonds is 4. The molecule has 0 radical (unpaired) electrons. The van der Waals surface area contributed by atoms with Gasteiger partial charge >= 0.3 is 0 Å². The number of aliphatic hydroxyl groups is 1. The van der Waals surface area contributed by atoms with Crippen LogP contribution in [-0.2, 0) is 6.54 Å². The zero-order valence-electron chi connectivity index (χ0n) is 11.4. The Morgan fingerprint density at radius 1 is 1.25 bits per heavy atom. The smallest absolute Gasteiger partial charge is 0.231 e. The van der Waals surface area contributed by atoms with Crippen molar-refractivity contribution in [3.63, 3.8) is 0 Å². The van der Waals surface area contributed by atoms with Crippen molar-refractivity contribution in [2.45, 2.75) is 38.3 Å².